The fraction of sp³-hybridized carbons (Fsp3) is 0.250. The summed E-state index contributed by atoms with van der Waals surface area (Å²) in [6.45, 7) is 1.94. The van der Waals surface area contributed by atoms with E-state index in [4.69, 9.17) is 5.73 Å². The molecule has 0 saturated heterocycles. The molecule has 2 heterocycles. The lowest BCUT2D eigenvalue weighted by atomic mass is 10.1. The molecule has 0 aromatic carbocycles. The molecule has 7 heteroatoms. The van der Waals surface area contributed by atoms with Crippen molar-refractivity contribution in [3.8, 4) is 11.3 Å². The predicted molar refractivity (Wildman–Crippen MR) is 62.9 cm³/mol. The number of hydrogen-bond acceptors (Lipinski definition) is 4. The molecule has 4 nitrogen and oxygen atoms in total. The van der Waals surface area contributed by atoms with Crippen LogP contribution in [0.15, 0.2) is 24.4 Å². The summed E-state index contributed by atoms with van der Waals surface area (Å²) in [6.07, 6.45) is -3.30. The molecular formula is C12H11F3N4. The van der Waals surface area contributed by atoms with Crippen LogP contribution in [0.5, 0.6) is 0 Å². The number of hydrogen-bond donors (Lipinski definition) is 1. The van der Waals surface area contributed by atoms with Crippen LogP contribution in [0.4, 0.5) is 13.2 Å². The Hall–Kier alpha value is -2.02. The average Bonchev–Trinajstić information content (AvgIpc) is 2.37. The van der Waals surface area contributed by atoms with Gasteiger partial charge in [-0.2, -0.15) is 13.2 Å². The van der Waals surface area contributed by atoms with E-state index in [2.05, 4.69) is 15.0 Å². The molecule has 0 radical (unpaired) electrons. The average molecular weight is 268 g/mol. The molecule has 0 spiro atoms. The van der Waals surface area contributed by atoms with Crippen LogP contribution in [0.2, 0.25) is 0 Å². The molecular weight excluding hydrogens is 257 g/mol. The van der Waals surface area contributed by atoms with Gasteiger partial charge in [0.25, 0.3) is 0 Å². The fourth-order valence-electron chi connectivity index (χ4n) is 1.60. The number of aryl methyl sites for hydroxylation is 1. The second kappa shape index (κ2) is 4.93. The summed E-state index contributed by atoms with van der Waals surface area (Å²) >= 11 is 0. The molecule has 2 rings (SSSR count). The van der Waals surface area contributed by atoms with Gasteiger partial charge in [-0.3, -0.25) is 4.98 Å². The molecule has 0 amide bonds. The first-order valence-electron chi connectivity index (χ1n) is 5.48. The van der Waals surface area contributed by atoms with Crippen molar-refractivity contribution >= 4 is 0 Å². The number of nitrogens with two attached hydrogens (primary N) is 1. The largest absolute Gasteiger partial charge is 0.433 e. The molecule has 19 heavy (non-hydrogen) atoms. The van der Waals surface area contributed by atoms with E-state index in [0.29, 0.717) is 22.8 Å². The van der Waals surface area contributed by atoms with Crippen molar-refractivity contribution < 1.29 is 13.2 Å². The van der Waals surface area contributed by atoms with E-state index < -0.39 is 11.9 Å². The standard InChI is InChI=1S/C12H11F3N4/c1-7-18-9(5-16)4-10(19-7)8-2-3-11(17-6-8)12(13,14)15/h2-4,6H,5,16H2,1H3. The van der Waals surface area contributed by atoms with Crippen LogP contribution in [0.3, 0.4) is 0 Å². The lowest BCUT2D eigenvalue weighted by Crippen LogP contribution is -2.07. The number of pyridine rings is 1. The van der Waals surface area contributed by atoms with Crippen molar-refractivity contribution in [2.75, 3.05) is 0 Å². The van der Waals surface area contributed by atoms with Crippen LogP contribution in [0.1, 0.15) is 17.2 Å². The summed E-state index contributed by atoms with van der Waals surface area (Å²) in [6, 6.07) is 3.89. The Labute approximate surface area is 107 Å². The maximum absolute atomic E-state index is 12.4. The monoisotopic (exact) mass is 268 g/mol. The topological polar surface area (TPSA) is 64.7 Å². The van der Waals surface area contributed by atoms with Gasteiger partial charge in [0.1, 0.15) is 11.5 Å². The van der Waals surface area contributed by atoms with E-state index in [-0.39, 0.29) is 6.54 Å². The van der Waals surface area contributed by atoms with Gasteiger partial charge in [0.05, 0.1) is 11.4 Å². The third-order valence-electron chi connectivity index (χ3n) is 2.45. The van der Waals surface area contributed by atoms with Gasteiger partial charge < -0.3 is 5.73 Å². The van der Waals surface area contributed by atoms with Crippen LogP contribution in [0.25, 0.3) is 11.3 Å². The molecule has 0 aliphatic heterocycles. The van der Waals surface area contributed by atoms with Gasteiger partial charge in [0.2, 0.25) is 0 Å². The van der Waals surface area contributed by atoms with Gasteiger partial charge in [-0.15, -0.1) is 0 Å². The lowest BCUT2D eigenvalue weighted by molar-refractivity contribution is -0.141. The Kier molecular flexibility index (Phi) is 3.48. The molecule has 0 bridgehead atoms. The molecule has 0 atom stereocenters. The highest BCUT2D eigenvalue weighted by molar-refractivity contribution is 5.58. The van der Waals surface area contributed by atoms with Gasteiger partial charge in [0.15, 0.2) is 0 Å². The SMILES string of the molecule is Cc1nc(CN)cc(-c2ccc(C(F)(F)F)nc2)n1. The number of aromatic nitrogens is 3. The van der Waals surface area contributed by atoms with Crippen LogP contribution < -0.4 is 5.73 Å². The van der Waals surface area contributed by atoms with E-state index in [1.165, 1.54) is 6.07 Å². The first-order valence-corrected chi connectivity index (χ1v) is 5.48. The van der Waals surface area contributed by atoms with Gasteiger partial charge in [0, 0.05) is 18.3 Å². The third kappa shape index (κ3) is 3.05. The Morgan fingerprint density at radius 2 is 1.95 bits per heavy atom. The third-order valence-corrected chi connectivity index (χ3v) is 2.45. The Bertz CT molecular complexity index is 579. The second-order valence-corrected chi connectivity index (χ2v) is 3.93. The lowest BCUT2D eigenvalue weighted by Gasteiger charge is -2.07. The van der Waals surface area contributed by atoms with Crippen molar-refractivity contribution in [2.24, 2.45) is 5.73 Å². The zero-order chi connectivity index (χ0) is 14.0. The van der Waals surface area contributed by atoms with E-state index in [1.807, 2.05) is 0 Å². The molecule has 0 saturated carbocycles. The minimum atomic E-state index is -4.44. The predicted octanol–water partition coefficient (Wildman–Crippen LogP) is 2.32. The summed E-state index contributed by atoms with van der Waals surface area (Å²) in [5, 5.41) is 0. The molecule has 2 aromatic rings. The minimum Gasteiger partial charge on any atom is -0.325 e. The maximum Gasteiger partial charge on any atom is 0.433 e. The zero-order valence-corrected chi connectivity index (χ0v) is 10.1. The number of nitrogens with zero attached hydrogens (tertiary/aromatic N) is 3. The molecule has 100 valence electrons. The highest BCUT2D eigenvalue weighted by Gasteiger charge is 2.32. The van der Waals surface area contributed by atoms with Gasteiger partial charge in [-0.25, -0.2) is 9.97 Å². The Balaban J connectivity index is 2.40. The minimum absolute atomic E-state index is 0.240. The molecule has 2 aromatic heterocycles. The van der Waals surface area contributed by atoms with Crippen molar-refractivity contribution in [2.45, 2.75) is 19.6 Å². The van der Waals surface area contributed by atoms with E-state index in [9.17, 15) is 13.2 Å². The first kappa shape index (κ1) is 13.4. The van der Waals surface area contributed by atoms with Gasteiger partial charge in [-0.1, -0.05) is 0 Å². The Morgan fingerprint density at radius 1 is 1.21 bits per heavy atom. The zero-order valence-electron chi connectivity index (χ0n) is 10.1. The van der Waals surface area contributed by atoms with Crippen LogP contribution in [-0.4, -0.2) is 15.0 Å². The number of halogens is 3. The van der Waals surface area contributed by atoms with Crippen LogP contribution >= 0.6 is 0 Å². The fourth-order valence-corrected chi connectivity index (χ4v) is 1.60. The highest BCUT2D eigenvalue weighted by atomic mass is 19.4. The van der Waals surface area contributed by atoms with Gasteiger partial charge >= 0.3 is 6.18 Å². The second-order valence-electron chi connectivity index (χ2n) is 3.93. The van der Waals surface area contributed by atoms with E-state index >= 15 is 0 Å². The van der Waals surface area contributed by atoms with Crippen molar-refractivity contribution in [1.29, 1.82) is 0 Å². The normalized spacial score (nSPS) is 11.6. The number of alkyl halides is 3. The molecule has 0 fully saturated rings. The molecule has 0 unspecified atom stereocenters. The van der Waals surface area contributed by atoms with Gasteiger partial charge in [-0.05, 0) is 25.1 Å². The smallest absolute Gasteiger partial charge is 0.325 e. The van der Waals surface area contributed by atoms with E-state index in [0.717, 1.165) is 12.3 Å². The molecule has 0 aliphatic rings. The first-order chi connectivity index (χ1) is 8.90. The summed E-state index contributed by atoms with van der Waals surface area (Å²) in [5.74, 6) is 0.512. The molecule has 2 N–H and O–H groups in total. The van der Waals surface area contributed by atoms with Crippen molar-refractivity contribution in [3.05, 3.63) is 41.6 Å². The van der Waals surface area contributed by atoms with Crippen LogP contribution in [-0.2, 0) is 12.7 Å². The summed E-state index contributed by atoms with van der Waals surface area (Å²) in [5.41, 5.74) is 6.19. The van der Waals surface area contributed by atoms with Crippen molar-refractivity contribution in [1.82, 2.24) is 15.0 Å². The number of rotatable bonds is 2. The summed E-state index contributed by atoms with van der Waals surface area (Å²) in [4.78, 5) is 11.6. The summed E-state index contributed by atoms with van der Waals surface area (Å²) < 4.78 is 37.2. The van der Waals surface area contributed by atoms with Crippen molar-refractivity contribution in [3.63, 3.8) is 0 Å². The quantitative estimate of drug-likeness (QED) is 0.907. The van der Waals surface area contributed by atoms with Crippen LogP contribution in [0, 0.1) is 6.92 Å². The molecule has 0 aliphatic carbocycles. The van der Waals surface area contributed by atoms with E-state index in [1.54, 1.807) is 13.0 Å². The highest BCUT2D eigenvalue weighted by Crippen LogP contribution is 2.28. The Morgan fingerprint density at radius 3 is 2.47 bits per heavy atom. The maximum atomic E-state index is 12.4. The summed E-state index contributed by atoms with van der Waals surface area (Å²) in [7, 11) is 0.